The molecule has 0 saturated heterocycles. The quantitative estimate of drug-likeness (QED) is 0.368. The van der Waals surface area contributed by atoms with Gasteiger partial charge in [0.2, 0.25) is 0 Å². The van der Waals surface area contributed by atoms with Gasteiger partial charge in [0.15, 0.2) is 0 Å². The lowest BCUT2D eigenvalue weighted by molar-refractivity contribution is -0.156. The van der Waals surface area contributed by atoms with Crippen LogP contribution in [0.1, 0.15) is 105 Å². The molecule has 0 aromatic carbocycles. The molecule has 0 spiro atoms. The van der Waals surface area contributed by atoms with Crippen LogP contribution in [0.25, 0.3) is 0 Å². The Morgan fingerprint density at radius 2 is 1.27 bits per heavy atom. The molecule has 0 aromatic rings. The second-order valence-corrected chi connectivity index (χ2v) is 7.46. The van der Waals surface area contributed by atoms with E-state index in [4.69, 9.17) is 10.5 Å². The van der Waals surface area contributed by atoms with Crippen LogP contribution in [0.3, 0.4) is 0 Å². The highest BCUT2D eigenvalue weighted by Gasteiger charge is 2.21. The van der Waals surface area contributed by atoms with E-state index in [1.54, 1.807) is 0 Å². The zero-order valence-electron chi connectivity index (χ0n) is 15.5. The largest absolute Gasteiger partial charge is 0.459 e. The van der Waals surface area contributed by atoms with Crippen LogP contribution in [0.2, 0.25) is 0 Å². The van der Waals surface area contributed by atoms with Crippen molar-refractivity contribution >= 4 is 5.97 Å². The Morgan fingerprint density at radius 1 is 0.864 bits per heavy atom. The molecule has 2 N–H and O–H groups in total. The smallest absolute Gasteiger partial charge is 0.323 e. The Kier molecular flexibility index (Phi) is 12.6. The van der Waals surface area contributed by atoms with Crippen molar-refractivity contribution in [3.63, 3.8) is 0 Å². The van der Waals surface area contributed by atoms with Gasteiger partial charge in [-0.25, -0.2) is 0 Å². The summed E-state index contributed by atoms with van der Waals surface area (Å²) in [5.74, 6) is -0.264. The van der Waals surface area contributed by atoms with Crippen molar-refractivity contribution < 1.29 is 9.53 Å². The number of rotatable bonds is 13. The van der Waals surface area contributed by atoms with E-state index < -0.39 is 11.6 Å². The van der Waals surface area contributed by atoms with Crippen molar-refractivity contribution in [2.24, 2.45) is 5.73 Å². The van der Waals surface area contributed by atoms with Gasteiger partial charge in [-0.1, -0.05) is 77.6 Å². The fourth-order valence-corrected chi connectivity index (χ4v) is 2.52. The highest BCUT2D eigenvalue weighted by atomic mass is 16.6. The lowest BCUT2D eigenvalue weighted by Crippen LogP contribution is -2.37. The summed E-state index contributed by atoms with van der Waals surface area (Å²) in [6, 6.07) is -0.460. The first-order valence-electron chi connectivity index (χ1n) is 9.35. The van der Waals surface area contributed by atoms with Gasteiger partial charge < -0.3 is 10.5 Å². The first kappa shape index (κ1) is 21.4. The number of carbonyl (C=O) groups excluding carboxylic acids is 1. The van der Waals surface area contributed by atoms with Gasteiger partial charge in [-0.15, -0.1) is 0 Å². The molecule has 0 fully saturated rings. The number of esters is 1. The Bertz CT molecular complexity index is 271. The molecule has 0 bridgehead atoms. The van der Waals surface area contributed by atoms with E-state index in [1.165, 1.54) is 64.2 Å². The topological polar surface area (TPSA) is 52.3 Å². The van der Waals surface area contributed by atoms with Gasteiger partial charge in [0.1, 0.15) is 11.6 Å². The maximum atomic E-state index is 11.7. The number of carbonyl (C=O) groups is 1. The van der Waals surface area contributed by atoms with Crippen LogP contribution in [-0.2, 0) is 9.53 Å². The molecular weight excluding hydrogens is 274 g/mol. The fraction of sp³-hybridized carbons (Fsp3) is 0.947. The lowest BCUT2D eigenvalue weighted by Gasteiger charge is -2.22. The van der Waals surface area contributed by atoms with Crippen LogP contribution >= 0.6 is 0 Å². The molecule has 0 saturated carbocycles. The van der Waals surface area contributed by atoms with Gasteiger partial charge in [-0.3, -0.25) is 4.79 Å². The molecule has 0 aliphatic carbocycles. The molecule has 3 nitrogen and oxygen atoms in total. The molecule has 0 radical (unpaired) electrons. The number of hydrogen-bond donors (Lipinski definition) is 1. The highest BCUT2D eigenvalue weighted by molar-refractivity contribution is 5.75. The summed E-state index contributed by atoms with van der Waals surface area (Å²) < 4.78 is 5.29. The van der Waals surface area contributed by atoms with E-state index in [1.807, 2.05) is 20.8 Å². The summed E-state index contributed by atoms with van der Waals surface area (Å²) in [6.07, 6.45) is 15.1. The van der Waals surface area contributed by atoms with Crippen molar-refractivity contribution in [3.8, 4) is 0 Å². The molecule has 0 heterocycles. The zero-order chi connectivity index (χ0) is 16.8. The summed E-state index contributed by atoms with van der Waals surface area (Å²) in [7, 11) is 0. The third kappa shape index (κ3) is 14.4. The minimum Gasteiger partial charge on any atom is -0.459 e. The van der Waals surface area contributed by atoms with Gasteiger partial charge >= 0.3 is 5.97 Å². The van der Waals surface area contributed by atoms with Gasteiger partial charge in [0.05, 0.1) is 0 Å². The molecule has 0 aliphatic heterocycles. The molecule has 0 aliphatic rings. The van der Waals surface area contributed by atoms with E-state index in [0.29, 0.717) is 0 Å². The number of nitrogens with two attached hydrogens (primary N) is 1. The van der Waals surface area contributed by atoms with E-state index in [-0.39, 0.29) is 5.97 Å². The standard InChI is InChI=1S/C19H39NO2/c1-5-6-7-8-9-10-11-12-13-14-15-16-17(20)18(21)22-19(2,3)4/h17H,5-16,20H2,1-4H3. The van der Waals surface area contributed by atoms with Crippen LogP contribution in [0, 0.1) is 0 Å². The van der Waals surface area contributed by atoms with E-state index in [0.717, 1.165) is 12.8 Å². The van der Waals surface area contributed by atoms with Crippen molar-refractivity contribution in [1.82, 2.24) is 0 Å². The number of unbranched alkanes of at least 4 members (excludes halogenated alkanes) is 10. The monoisotopic (exact) mass is 313 g/mol. The summed E-state index contributed by atoms with van der Waals surface area (Å²) in [4.78, 5) is 11.7. The van der Waals surface area contributed by atoms with Crippen molar-refractivity contribution in [3.05, 3.63) is 0 Å². The van der Waals surface area contributed by atoms with Crippen LogP contribution in [0.4, 0.5) is 0 Å². The van der Waals surface area contributed by atoms with Gasteiger partial charge in [0.25, 0.3) is 0 Å². The molecule has 1 unspecified atom stereocenters. The van der Waals surface area contributed by atoms with Crippen molar-refractivity contribution in [2.75, 3.05) is 0 Å². The van der Waals surface area contributed by atoms with Gasteiger partial charge in [-0.05, 0) is 27.2 Å². The fourth-order valence-electron chi connectivity index (χ4n) is 2.52. The van der Waals surface area contributed by atoms with E-state index >= 15 is 0 Å². The Morgan fingerprint density at radius 3 is 1.68 bits per heavy atom. The second kappa shape index (κ2) is 12.9. The molecule has 1 atom stereocenters. The van der Waals surface area contributed by atoms with E-state index in [9.17, 15) is 4.79 Å². The van der Waals surface area contributed by atoms with Crippen LogP contribution < -0.4 is 5.73 Å². The Hall–Kier alpha value is -0.570. The molecule has 0 amide bonds. The van der Waals surface area contributed by atoms with Gasteiger partial charge in [0, 0.05) is 0 Å². The lowest BCUT2D eigenvalue weighted by atomic mass is 10.0. The summed E-state index contributed by atoms with van der Waals surface area (Å²) in [6.45, 7) is 7.88. The second-order valence-electron chi connectivity index (χ2n) is 7.46. The summed E-state index contributed by atoms with van der Waals surface area (Å²) >= 11 is 0. The maximum absolute atomic E-state index is 11.7. The normalized spacial score (nSPS) is 13.1. The highest BCUT2D eigenvalue weighted by Crippen LogP contribution is 2.13. The van der Waals surface area contributed by atoms with Crippen LogP contribution in [0.15, 0.2) is 0 Å². The molecule has 22 heavy (non-hydrogen) atoms. The van der Waals surface area contributed by atoms with Crippen LogP contribution in [0.5, 0.6) is 0 Å². The third-order valence-corrected chi connectivity index (χ3v) is 3.83. The molecule has 3 heteroatoms. The minimum atomic E-state index is -0.460. The van der Waals surface area contributed by atoms with E-state index in [2.05, 4.69) is 6.92 Å². The summed E-state index contributed by atoms with van der Waals surface area (Å²) in [5, 5.41) is 0. The maximum Gasteiger partial charge on any atom is 0.323 e. The van der Waals surface area contributed by atoms with Crippen molar-refractivity contribution in [2.45, 2.75) is 116 Å². The zero-order valence-corrected chi connectivity index (χ0v) is 15.5. The SMILES string of the molecule is CCCCCCCCCCCCCC(N)C(=O)OC(C)(C)C. The first-order valence-corrected chi connectivity index (χ1v) is 9.35. The molecule has 132 valence electrons. The predicted octanol–water partition coefficient (Wildman–Crippen LogP) is 5.36. The minimum absolute atomic E-state index is 0.264. The average Bonchev–Trinajstić information content (AvgIpc) is 2.42. The third-order valence-electron chi connectivity index (χ3n) is 3.83. The average molecular weight is 314 g/mol. The Balaban J connectivity index is 3.37. The van der Waals surface area contributed by atoms with Crippen molar-refractivity contribution in [1.29, 1.82) is 0 Å². The summed E-state index contributed by atoms with van der Waals surface area (Å²) in [5.41, 5.74) is 5.43. The molecular formula is C19H39NO2. The first-order chi connectivity index (χ1) is 10.4. The van der Waals surface area contributed by atoms with Gasteiger partial charge in [-0.2, -0.15) is 0 Å². The molecule has 0 rings (SSSR count). The Labute approximate surface area is 138 Å². The number of hydrogen-bond acceptors (Lipinski definition) is 3. The molecule has 0 aromatic heterocycles. The number of ether oxygens (including phenoxy) is 1. The van der Waals surface area contributed by atoms with Crippen LogP contribution in [-0.4, -0.2) is 17.6 Å². The predicted molar refractivity (Wildman–Crippen MR) is 94.9 cm³/mol.